The zero-order chi connectivity index (χ0) is 12.8. The summed E-state index contributed by atoms with van der Waals surface area (Å²) in [7, 11) is 0. The van der Waals surface area contributed by atoms with E-state index in [-0.39, 0.29) is 0 Å². The molecule has 1 saturated heterocycles. The Labute approximate surface area is 109 Å². The number of rotatable bonds is 4. The SMILES string of the molecule is Cc1ccc(C#N)c(OCCC2CCCNC2)c1. The minimum absolute atomic E-state index is 0.627. The van der Waals surface area contributed by atoms with Gasteiger partial charge in [-0.15, -0.1) is 0 Å². The Bertz CT molecular complexity index is 431. The molecule has 0 saturated carbocycles. The molecule has 0 amide bonds. The minimum Gasteiger partial charge on any atom is -0.492 e. The van der Waals surface area contributed by atoms with E-state index in [9.17, 15) is 0 Å². The van der Waals surface area contributed by atoms with E-state index in [1.807, 2.05) is 25.1 Å². The molecule has 1 unspecified atom stereocenters. The van der Waals surface area contributed by atoms with Crippen LogP contribution in [0.15, 0.2) is 18.2 Å². The molecule has 0 aliphatic carbocycles. The quantitative estimate of drug-likeness (QED) is 0.885. The fourth-order valence-corrected chi connectivity index (χ4v) is 2.35. The highest BCUT2D eigenvalue weighted by molar-refractivity contribution is 5.44. The van der Waals surface area contributed by atoms with Crippen LogP contribution in [-0.4, -0.2) is 19.7 Å². The van der Waals surface area contributed by atoms with Crippen molar-refractivity contribution in [3.05, 3.63) is 29.3 Å². The van der Waals surface area contributed by atoms with Gasteiger partial charge >= 0.3 is 0 Å². The lowest BCUT2D eigenvalue weighted by Crippen LogP contribution is -2.30. The van der Waals surface area contributed by atoms with Gasteiger partial charge in [0.1, 0.15) is 11.8 Å². The van der Waals surface area contributed by atoms with E-state index in [0.717, 1.165) is 30.8 Å². The van der Waals surface area contributed by atoms with E-state index < -0.39 is 0 Å². The topological polar surface area (TPSA) is 45.0 Å². The highest BCUT2D eigenvalue weighted by Crippen LogP contribution is 2.21. The molecule has 1 fully saturated rings. The number of aryl methyl sites for hydroxylation is 1. The van der Waals surface area contributed by atoms with Crippen LogP contribution in [0.3, 0.4) is 0 Å². The summed E-state index contributed by atoms with van der Waals surface area (Å²) in [5.74, 6) is 1.44. The number of hydrogen-bond acceptors (Lipinski definition) is 3. The van der Waals surface area contributed by atoms with Crippen molar-refractivity contribution in [1.82, 2.24) is 5.32 Å². The third kappa shape index (κ3) is 3.48. The standard InChI is InChI=1S/C15H20N2O/c1-12-4-5-14(10-16)15(9-12)18-8-6-13-3-2-7-17-11-13/h4-5,9,13,17H,2-3,6-8,11H2,1H3. The summed E-state index contributed by atoms with van der Waals surface area (Å²) in [6, 6.07) is 7.88. The fraction of sp³-hybridized carbons (Fsp3) is 0.533. The molecule has 0 aromatic heterocycles. The van der Waals surface area contributed by atoms with Crippen molar-refractivity contribution in [3.63, 3.8) is 0 Å². The smallest absolute Gasteiger partial charge is 0.137 e. The molecule has 2 rings (SSSR count). The predicted octanol–water partition coefficient (Wildman–Crippen LogP) is 2.64. The first-order valence-corrected chi connectivity index (χ1v) is 6.64. The Hall–Kier alpha value is -1.53. The van der Waals surface area contributed by atoms with Gasteiger partial charge < -0.3 is 10.1 Å². The number of nitrogens with zero attached hydrogens (tertiary/aromatic N) is 1. The largest absolute Gasteiger partial charge is 0.492 e. The Kier molecular flexibility index (Phi) is 4.60. The maximum absolute atomic E-state index is 9.02. The summed E-state index contributed by atoms with van der Waals surface area (Å²) >= 11 is 0. The zero-order valence-electron chi connectivity index (χ0n) is 10.9. The van der Waals surface area contributed by atoms with Crippen LogP contribution in [0.25, 0.3) is 0 Å². The second-order valence-electron chi connectivity index (χ2n) is 4.96. The minimum atomic E-state index is 0.627. The van der Waals surface area contributed by atoms with Gasteiger partial charge in [0.2, 0.25) is 0 Å². The summed E-state index contributed by atoms with van der Waals surface area (Å²) in [4.78, 5) is 0. The van der Waals surface area contributed by atoms with Crippen LogP contribution in [0, 0.1) is 24.2 Å². The molecular weight excluding hydrogens is 224 g/mol. The van der Waals surface area contributed by atoms with Gasteiger partial charge in [-0.25, -0.2) is 0 Å². The van der Waals surface area contributed by atoms with Crippen LogP contribution in [0.5, 0.6) is 5.75 Å². The average Bonchev–Trinajstić information content (AvgIpc) is 2.40. The third-order valence-corrected chi connectivity index (χ3v) is 3.44. The van der Waals surface area contributed by atoms with Crippen LogP contribution in [0.2, 0.25) is 0 Å². The monoisotopic (exact) mass is 244 g/mol. The first kappa shape index (κ1) is 12.9. The second kappa shape index (κ2) is 6.42. The molecular formula is C15H20N2O. The van der Waals surface area contributed by atoms with Gasteiger partial charge in [-0.3, -0.25) is 0 Å². The zero-order valence-corrected chi connectivity index (χ0v) is 10.9. The molecule has 1 aromatic rings. The highest BCUT2D eigenvalue weighted by atomic mass is 16.5. The number of ether oxygens (including phenoxy) is 1. The molecule has 3 heteroatoms. The van der Waals surface area contributed by atoms with E-state index in [4.69, 9.17) is 10.00 Å². The predicted molar refractivity (Wildman–Crippen MR) is 71.6 cm³/mol. The van der Waals surface area contributed by atoms with Gasteiger partial charge in [-0.1, -0.05) is 6.07 Å². The van der Waals surface area contributed by atoms with E-state index in [1.54, 1.807) is 0 Å². The van der Waals surface area contributed by atoms with Crippen molar-refractivity contribution < 1.29 is 4.74 Å². The lowest BCUT2D eigenvalue weighted by molar-refractivity contribution is 0.253. The molecule has 0 radical (unpaired) electrons. The van der Waals surface area contributed by atoms with Crippen LogP contribution >= 0.6 is 0 Å². The Balaban J connectivity index is 1.86. The van der Waals surface area contributed by atoms with Gasteiger partial charge in [0.05, 0.1) is 12.2 Å². The second-order valence-corrected chi connectivity index (χ2v) is 4.96. The number of hydrogen-bond donors (Lipinski definition) is 1. The first-order valence-electron chi connectivity index (χ1n) is 6.64. The van der Waals surface area contributed by atoms with Gasteiger partial charge in [-0.2, -0.15) is 5.26 Å². The van der Waals surface area contributed by atoms with Gasteiger partial charge in [0.25, 0.3) is 0 Å². The van der Waals surface area contributed by atoms with Crippen molar-refractivity contribution >= 4 is 0 Å². The van der Waals surface area contributed by atoms with E-state index >= 15 is 0 Å². The molecule has 1 aromatic carbocycles. The number of piperidine rings is 1. The van der Waals surface area contributed by atoms with Crippen molar-refractivity contribution in [2.24, 2.45) is 5.92 Å². The van der Waals surface area contributed by atoms with E-state index in [0.29, 0.717) is 18.1 Å². The van der Waals surface area contributed by atoms with Gasteiger partial charge in [-0.05, 0) is 62.9 Å². The molecule has 0 spiro atoms. The first-order chi connectivity index (χ1) is 8.79. The van der Waals surface area contributed by atoms with Crippen molar-refractivity contribution in [2.45, 2.75) is 26.2 Å². The summed E-state index contributed by atoms with van der Waals surface area (Å²) < 4.78 is 5.76. The molecule has 96 valence electrons. The molecule has 1 aliphatic heterocycles. The Morgan fingerprint density at radius 1 is 1.50 bits per heavy atom. The van der Waals surface area contributed by atoms with Crippen molar-refractivity contribution in [2.75, 3.05) is 19.7 Å². The molecule has 1 aliphatic rings. The number of benzene rings is 1. The summed E-state index contributed by atoms with van der Waals surface area (Å²) in [5.41, 5.74) is 1.76. The molecule has 3 nitrogen and oxygen atoms in total. The number of nitriles is 1. The summed E-state index contributed by atoms with van der Waals surface area (Å²) in [6.07, 6.45) is 3.61. The molecule has 1 atom stereocenters. The normalized spacial score (nSPS) is 19.2. The molecule has 18 heavy (non-hydrogen) atoms. The van der Waals surface area contributed by atoms with Crippen LogP contribution in [-0.2, 0) is 0 Å². The molecule has 1 heterocycles. The Morgan fingerprint density at radius 3 is 3.11 bits per heavy atom. The summed E-state index contributed by atoms with van der Waals surface area (Å²) in [6.45, 7) is 4.96. The molecule has 0 bridgehead atoms. The van der Waals surface area contributed by atoms with Crippen LogP contribution in [0.4, 0.5) is 0 Å². The maximum Gasteiger partial charge on any atom is 0.137 e. The van der Waals surface area contributed by atoms with Crippen LogP contribution < -0.4 is 10.1 Å². The Morgan fingerprint density at radius 2 is 2.39 bits per heavy atom. The highest BCUT2D eigenvalue weighted by Gasteiger charge is 2.13. The van der Waals surface area contributed by atoms with Crippen LogP contribution in [0.1, 0.15) is 30.4 Å². The van der Waals surface area contributed by atoms with Gasteiger partial charge in [0, 0.05) is 0 Å². The van der Waals surface area contributed by atoms with E-state index in [1.165, 1.54) is 12.8 Å². The lowest BCUT2D eigenvalue weighted by Gasteiger charge is -2.22. The molecule has 1 N–H and O–H groups in total. The average molecular weight is 244 g/mol. The number of nitrogens with one attached hydrogen (secondary N) is 1. The fourth-order valence-electron chi connectivity index (χ4n) is 2.35. The summed E-state index contributed by atoms with van der Waals surface area (Å²) in [5, 5.41) is 12.4. The maximum atomic E-state index is 9.02. The van der Waals surface area contributed by atoms with Crippen molar-refractivity contribution in [3.8, 4) is 11.8 Å². The van der Waals surface area contributed by atoms with E-state index in [2.05, 4.69) is 11.4 Å². The third-order valence-electron chi connectivity index (χ3n) is 3.44. The van der Waals surface area contributed by atoms with Gasteiger partial charge in [0.15, 0.2) is 0 Å². The lowest BCUT2D eigenvalue weighted by atomic mass is 9.97. The van der Waals surface area contributed by atoms with Crippen molar-refractivity contribution in [1.29, 1.82) is 5.26 Å².